The molecule has 4 nitrogen and oxygen atoms in total. The zero-order valence-electron chi connectivity index (χ0n) is 11.8. The second kappa shape index (κ2) is 7.84. The van der Waals surface area contributed by atoms with Crippen LogP contribution in [0.4, 0.5) is 0 Å². The molecule has 2 rings (SSSR count). The zero-order chi connectivity index (χ0) is 15.1. The molecule has 2 amide bonds. The van der Waals surface area contributed by atoms with Gasteiger partial charge in [0.15, 0.2) is 0 Å². The summed E-state index contributed by atoms with van der Waals surface area (Å²) >= 11 is 5.95. The molecule has 0 unspecified atom stereocenters. The first-order valence-corrected chi connectivity index (χ1v) is 7.51. The van der Waals surface area contributed by atoms with Gasteiger partial charge >= 0.3 is 0 Å². The molecule has 0 aliphatic heterocycles. The number of nitrogens with one attached hydrogen (secondary N) is 2. The third-order valence-corrected chi connectivity index (χ3v) is 3.80. The number of halogens is 1. The van der Waals surface area contributed by atoms with E-state index in [4.69, 9.17) is 11.6 Å². The van der Waals surface area contributed by atoms with E-state index in [0.29, 0.717) is 23.7 Å². The first-order valence-electron chi connectivity index (χ1n) is 7.14. The van der Waals surface area contributed by atoms with Gasteiger partial charge in [-0.15, -0.1) is 0 Å². The van der Waals surface area contributed by atoms with Crippen LogP contribution in [0.1, 0.15) is 29.6 Å². The summed E-state index contributed by atoms with van der Waals surface area (Å²) in [6, 6.07) is 6.89. The van der Waals surface area contributed by atoms with Crippen molar-refractivity contribution in [2.75, 3.05) is 13.1 Å². The monoisotopic (exact) mass is 306 g/mol. The van der Waals surface area contributed by atoms with Gasteiger partial charge in [0.05, 0.1) is 10.6 Å². The van der Waals surface area contributed by atoms with Gasteiger partial charge in [-0.25, -0.2) is 0 Å². The molecule has 112 valence electrons. The molecule has 0 radical (unpaired) electrons. The summed E-state index contributed by atoms with van der Waals surface area (Å²) in [6.45, 7) is 0.813. The fourth-order valence-electron chi connectivity index (χ4n) is 2.28. The summed E-state index contributed by atoms with van der Waals surface area (Å²) in [5.74, 6) is -0.101. The summed E-state index contributed by atoms with van der Waals surface area (Å²) in [5, 5.41) is 6.02. The molecule has 1 aromatic carbocycles. The lowest BCUT2D eigenvalue weighted by molar-refractivity contribution is -0.125. The van der Waals surface area contributed by atoms with Crippen molar-refractivity contribution in [2.45, 2.75) is 19.3 Å². The Morgan fingerprint density at radius 1 is 1.14 bits per heavy atom. The fraction of sp³-hybridized carbons (Fsp3) is 0.375. The van der Waals surface area contributed by atoms with Gasteiger partial charge in [0.2, 0.25) is 5.91 Å². The van der Waals surface area contributed by atoms with Crippen LogP contribution >= 0.6 is 11.6 Å². The molecule has 1 aliphatic rings. The quantitative estimate of drug-likeness (QED) is 0.649. The van der Waals surface area contributed by atoms with Gasteiger partial charge in [0.25, 0.3) is 5.91 Å². The predicted molar refractivity (Wildman–Crippen MR) is 83.3 cm³/mol. The van der Waals surface area contributed by atoms with Crippen LogP contribution in [-0.2, 0) is 4.79 Å². The molecule has 1 aromatic rings. The molecular formula is C16H19ClN2O2. The average Bonchev–Trinajstić information content (AvgIpc) is 2.52. The van der Waals surface area contributed by atoms with Crippen LogP contribution in [0.5, 0.6) is 0 Å². The Labute approximate surface area is 129 Å². The van der Waals surface area contributed by atoms with E-state index < -0.39 is 0 Å². The van der Waals surface area contributed by atoms with E-state index >= 15 is 0 Å². The van der Waals surface area contributed by atoms with Crippen molar-refractivity contribution < 1.29 is 9.59 Å². The highest BCUT2D eigenvalue weighted by Gasteiger charge is 2.18. The number of benzene rings is 1. The molecule has 0 bridgehead atoms. The van der Waals surface area contributed by atoms with Crippen LogP contribution in [0.25, 0.3) is 0 Å². The van der Waals surface area contributed by atoms with E-state index in [1.165, 1.54) is 0 Å². The Kier molecular flexibility index (Phi) is 5.81. The van der Waals surface area contributed by atoms with Gasteiger partial charge in [0, 0.05) is 19.0 Å². The van der Waals surface area contributed by atoms with Gasteiger partial charge < -0.3 is 10.6 Å². The summed E-state index contributed by atoms with van der Waals surface area (Å²) < 4.78 is 0. The van der Waals surface area contributed by atoms with Crippen LogP contribution < -0.4 is 10.6 Å². The molecule has 2 N–H and O–H groups in total. The Bertz CT molecular complexity index is 543. The summed E-state index contributed by atoms with van der Waals surface area (Å²) in [4.78, 5) is 23.8. The predicted octanol–water partition coefficient (Wildman–Crippen LogP) is 2.54. The second-order valence-electron chi connectivity index (χ2n) is 5.01. The molecule has 0 aromatic heterocycles. The lowest BCUT2D eigenvalue weighted by Crippen LogP contribution is -2.37. The Morgan fingerprint density at radius 2 is 1.90 bits per heavy atom. The molecular weight excluding hydrogens is 288 g/mol. The zero-order valence-corrected chi connectivity index (χ0v) is 12.5. The van der Waals surface area contributed by atoms with Crippen molar-refractivity contribution in [3.8, 4) is 0 Å². The van der Waals surface area contributed by atoms with Gasteiger partial charge in [-0.2, -0.15) is 0 Å². The number of carbonyl (C=O) groups is 2. The highest BCUT2D eigenvalue weighted by molar-refractivity contribution is 6.33. The first kappa shape index (κ1) is 15.6. The molecule has 0 saturated heterocycles. The largest absolute Gasteiger partial charge is 0.354 e. The summed E-state index contributed by atoms with van der Waals surface area (Å²) in [6.07, 6.45) is 6.81. The third-order valence-electron chi connectivity index (χ3n) is 3.47. The van der Waals surface area contributed by atoms with Crippen molar-refractivity contribution in [2.24, 2.45) is 5.92 Å². The number of hydrogen-bond donors (Lipinski definition) is 2. The summed E-state index contributed by atoms with van der Waals surface area (Å²) in [5.41, 5.74) is 0.447. The highest BCUT2D eigenvalue weighted by Crippen LogP contribution is 2.17. The number of allylic oxidation sites excluding steroid dienone is 2. The minimum Gasteiger partial charge on any atom is -0.354 e. The van der Waals surface area contributed by atoms with E-state index in [2.05, 4.69) is 16.7 Å². The minimum absolute atomic E-state index is 0.0614. The maximum atomic E-state index is 11.9. The molecule has 1 aliphatic carbocycles. The van der Waals surface area contributed by atoms with Crippen LogP contribution in [0.2, 0.25) is 5.02 Å². The molecule has 21 heavy (non-hydrogen) atoms. The summed E-state index contributed by atoms with van der Waals surface area (Å²) in [7, 11) is 0. The first-order chi connectivity index (χ1) is 10.2. The number of carbonyl (C=O) groups excluding carboxylic acids is 2. The Hall–Kier alpha value is -1.81. The molecule has 0 heterocycles. The van der Waals surface area contributed by atoms with Gasteiger partial charge in [-0.3, -0.25) is 9.59 Å². The lowest BCUT2D eigenvalue weighted by atomic mass is 9.94. The van der Waals surface area contributed by atoms with Crippen LogP contribution in [-0.4, -0.2) is 24.9 Å². The van der Waals surface area contributed by atoms with Crippen molar-refractivity contribution in [1.82, 2.24) is 10.6 Å². The SMILES string of the molecule is O=C(NCCNC(=O)[C@H]1CC=CCC1)c1ccccc1Cl. The number of rotatable bonds is 5. The van der Waals surface area contributed by atoms with E-state index in [9.17, 15) is 9.59 Å². The van der Waals surface area contributed by atoms with Crippen molar-refractivity contribution in [3.05, 3.63) is 47.0 Å². The van der Waals surface area contributed by atoms with Crippen molar-refractivity contribution in [3.63, 3.8) is 0 Å². The van der Waals surface area contributed by atoms with Gasteiger partial charge in [0.1, 0.15) is 0 Å². The topological polar surface area (TPSA) is 58.2 Å². The highest BCUT2D eigenvalue weighted by atomic mass is 35.5. The van der Waals surface area contributed by atoms with E-state index in [1.807, 2.05) is 6.08 Å². The second-order valence-corrected chi connectivity index (χ2v) is 5.42. The molecule has 0 fully saturated rings. The number of amides is 2. The van der Waals surface area contributed by atoms with Crippen molar-refractivity contribution >= 4 is 23.4 Å². The van der Waals surface area contributed by atoms with Crippen LogP contribution in [0.15, 0.2) is 36.4 Å². The van der Waals surface area contributed by atoms with Crippen LogP contribution in [0, 0.1) is 5.92 Å². The van der Waals surface area contributed by atoms with E-state index in [-0.39, 0.29) is 17.7 Å². The number of hydrogen-bond acceptors (Lipinski definition) is 2. The maximum absolute atomic E-state index is 11.9. The van der Waals surface area contributed by atoms with E-state index in [0.717, 1.165) is 19.3 Å². The minimum atomic E-state index is -0.226. The standard InChI is InChI=1S/C16H19ClN2O2/c17-14-9-5-4-8-13(14)16(21)19-11-10-18-15(20)12-6-2-1-3-7-12/h1-2,4-5,8-9,12H,3,6-7,10-11H2,(H,18,20)(H,19,21)/t12-/m0/s1. The lowest BCUT2D eigenvalue weighted by Gasteiger charge is -2.17. The van der Waals surface area contributed by atoms with Gasteiger partial charge in [-0.05, 0) is 31.4 Å². The van der Waals surface area contributed by atoms with Crippen LogP contribution in [0.3, 0.4) is 0 Å². The molecule has 5 heteroatoms. The normalized spacial score (nSPS) is 17.3. The Morgan fingerprint density at radius 3 is 2.62 bits per heavy atom. The molecule has 1 atom stereocenters. The average molecular weight is 307 g/mol. The fourth-order valence-corrected chi connectivity index (χ4v) is 2.50. The van der Waals surface area contributed by atoms with Gasteiger partial charge in [-0.1, -0.05) is 35.9 Å². The third kappa shape index (κ3) is 4.60. The maximum Gasteiger partial charge on any atom is 0.252 e. The molecule has 0 saturated carbocycles. The Balaban J connectivity index is 1.70. The van der Waals surface area contributed by atoms with Crippen molar-refractivity contribution in [1.29, 1.82) is 0 Å². The smallest absolute Gasteiger partial charge is 0.252 e. The molecule has 0 spiro atoms. The van der Waals surface area contributed by atoms with E-state index in [1.54, 1.807) is 24.3 Å².